The molecule has 1 atom stereocenters. The monoisotopic (exact) mass is 543 g/mol. The quantitative estimate of drug-likeness (QED) is 0.510. The number of carboxylic acid groups (broad SMARTS) is 1. The lowest BCUT2D eigenvalue weighted by Crippen LogP contribution is -2.35. The first-order chi connectivity index (χ1) is 17.8. The highest BCUT2D eigenvalue weighted by Crippen LogP contribution is 2.43. The van der Waals surface area contributed by atoms with E-state index in [0.717, 1.165) is 27.8 Å². The van der Waals surface area contributed by atoms with Crippen molar-refractivity contribution in [2.24, 2.45) is 0 Å². The Labute approximate surface area is 213 Å². The second kappa shape index (κ2) is 9.20. The molecule has 38 heavy (non-hydrogen) atoms. The highest BCUT2D eigenvalue weighted by Gasteiger charge is 2.40. The van der Waals surface area contributed by atoms with Crippen molar-refractivity contribution in [3.05, 3.63) is 76.5 Å². The van der Waals surface area contributed by atoms with Crippen molar-refractivity contribution in [3.63, 3.8) is 0 Å². The molecule has 0 aliphatic carbocycles. The minimum Gasteiger partial charge on any atom is -0.464 e. The van der Waals surface area contributed by atoms with E-state index in [2.05, 4.69) is 10.1 Å². The van der Waals surface area contributed by atoms with E-state index in [1.165, 1.54) is 37.3 Å². The molecule has 0 fully saturated rings. The van der Waals surface area contributed by atoms with Gasteiger partial charge in [0.05, 0.1) is 35.1 Å². The molecule has 1 amide bonds. The fourth-order valence-electron chi connectivity index (χ4n) is 4.00. The van der Waals surface area contributed by atoms with Gasteiger partial charge in [0.25, 0.3) is 5.95 Å². The van der Waals surface area contributed by atoms with E-state index < -0.39 is 39.8 Å². The van der Waals surface area contributed by atoms with Crippen molar-refractivity contribution in [2.75, 3.05) is 15.5 Å². The zero-order chi connectivity index (χ0) is 28.0. The molecule has 0 radical (unpaired) electrons. The Morgan fingerprint density at radius 2 is 1.79 bits per heavy atom. The van der Waals surface area contributed by atoms with Crippen molar-refractivity contribution < 1.29 is 31.5 Å². The Morgan fingerprint density at radius 1 is 1.13 bits per heavy atom. The molecule has 2 aromatic carbocycles. The lowest BCUT2D eigenvalue weighted by molar-refractivity contribution is -0.137. The zero-order valence-corrected chi connectivity index (χ0v) is 20.4. The number of allylic oxidation sites excluding steroid dienone is 2. The van der Waals surface area contributed by atoms with Crippen LogP contribution in [-0.2, 0) is 16.2 Å². The molecule has 1 aliphatic rings. The van der Waals surface area contributed by atoms with Crippen LogP contribution >= 0.6 is 0 Å². The van der Waals surface area contributed by atoms with Crippen LogP contribution in [-0.4, -0.2) is 40.6 Å². The third kappa shape index (κ3) is 4.51. The van der Waals surface area contributed by atoms with Crippen LogP contribution in [0.3, 0.4) is 0 Å². The van der Waals surface area contributed by atoms with Crippen molar-refractivity contribution in [1.82, 2.24) is 14.8 Å². The first kappa shape index (κ1) is 26.2. The number of nitrogens with zero attached hydrogens (tertiary/aromatic N) is 7. The van der Waals surface area contributed by atoms with Gasteiger partial charge in [-0.2, -0.15) is 28.7 Å². The van der Waals surface area contributed by atoms with Crippen LogP contribution in [0.4, 0.5) is 35.5 Å². The number of benzene rings is 2. The second-order valence-corrected chi connectivity index (χ2v) is 9.93. The first-order valence-corrected chi connectivity index (χ1v) is 12.4. The summed E-state index contributed by atoms with van der Waals surface area (Å²) in [5.74, 6) is -1.03. The molecular formula is C23H16F3N7O4S. The molecular weight excluding hydrogens is 527 g/mol. The van der Waals surface area contributed by atoms with Crippen molar-refractivity contribution in [2.45, 2.75) is 19.1 Å². The molecule has 1 aromatic heterocycles. The van der Waals surface area contributed by atoms with E-state index >= 15 is 0 Å². The van der Waals surface area contributed by atoms with Crippen LogP contribution in [0.1, 0.15) is 29.7 Å². The van der Waals surface area contributed by atoms with Crippen LogP contribution in [0.15, 0.2) is 59.8 Å². The molecule has 1 N–H and O–H groups in total. The molecule has 0 saturated carbocycles. The van der Waals surface area contributed by atoms with Crippen molar-refractivity contribution in [3.8, 4) is 12.1 Å². The van der Waals surface area contributed by atoms with Gasteiger partial charge in [-0.15, -0.1) is 9.40 Å². The third-order valence-corrected chi connectivity index (χ3v) is 6.62. The Bertz CT molecular complexity index is 1670. The van der Waals surface area contributed by atoms with Crippen LogP contribution < -0.4 is 9.21 Å². The lowest BCUT2D eigenvalue weighted by atomic mass is 9.95. The normalized spacial score (nSPS) is 15.4. The minimum atomic E-state index is -4.69. The number of hydrogen-bond acceptors (Lipinski definition) is 8. The average molecular weight is 543 g/mol. The Balaban J connectivity index is 2.03. The number of alkyl halides is 3. The molecule has 194 valence electrons. The summed E-state index contributed by atoms with van der Waals surface area (Å²) in [6, 6.07) is 13.0. The van der Waals surface area contributed by atoms with Crippen LogP contribution in [0.2, 0.25) is 0 Å². The van der Waals surface area contributed by atoms with Gasteiger partial charge in [0.2, 0.25) is 16.0 Å². The molecule has 15 heteroatoms. The van der Waals surface area contributed by atoms with Crippen molar-refractivity contribution >= 4 is 33.7 Å². The predicted molar refractivity (Wildman–Crippen MR) is 127 cm³/mol. The van der Waals surface area contributed by atoms with Gasteiger partial charge >= 0.3 is 12.3 Å². The highest BCUT2D eigenvalue weighted by atomic mass is 32.2. The number of rotatable bonds is 4. The van der Waals surface area contributed by atoms with Gasteiger partial charge in [0.15, 0.2) is 0 Å². The summed E-state index contributed by atoms with van der Waals surface area (Å²) in [5, 5.41) is 32.8. The minimum absolute atomic E-state index is 0.0114. The van der Waals surface area contributed by atoms with E-state index in [1.807, 2.05) is 12.1 Å². The number of hydrogen-bond donors (Lipinski definition) is 1. The van der Waals surface area contributed by atoms with Crippen molar-refractivity contribution in [1.29, 1.82) is 10.5 Å². The molecule has 0 bridgehead atoms. The van der Waals surface area contributed by atoms with E-state index in [-0.39, 0.29) is 27.2 Å². The SMILES string of the molecule is CC1=C(C#N)[C@@H](c2ccc(C#N)cc2)n2nc(N(C(=O)O)S(C)(=O)=O)nc2N1c1cccc(C(F)(F)F)c1. The summed E-state index contributed by atoms with van der Waals surface area (Å²) in [7, 11) is -4.44. The Kier molecular flexibility index (Phi) is 6.34. The number of carbonyl (C=O) groups is 1. The molecule has 11 nitrogen and oxygen atoms in total. The van der Waals surface area contributed by atoms with E-state index in [1.54, 1.807) is 0 Å². The summed E-state index contributed by atoms with van der Waals surface area (Å²) < 4.78 is 65.8. The van der Waals surface area contributed by atoms with E-state index in [0.29, 0.717) is 17.4 Å². The number of halogens is 3. The zero-order valence-electron chi connectivity index (χ0n) is 19.5. The standard InChI is InChI=1S/C23H16F3N7O4S/c1-13-18(12-28)19(15-8-6-14(11-27)7-9-15)32-21(29-20(30-32)33(22(34)35)38(2,36)37)31(13)17-5-3-4-16(10-17)23(24,25)26/h3-10,19H,1-2H3,(H,34,35)/t19-/m1/s1. The number of amides is 1. The Hall–Kier alpha value is -4.89. The van der Waals surface area contributed by atoms with Crippen LogP contribution in [0.5, 0.6) is 0 Å². The molecule has 0 saturated heterocycles. The van der Waals surface area contributed by atoms with Crippen LogP contribution in [0.25, 0.3) is 0 Å². The molecule has 4 rings (SSSR count). The number of nitriles is 2. The van der Waals surface area contributed by atoms with E-state index in [4.69, 9.17) is 5.26 Å². The maximum atomic E-state index is 13.5. The molecule has 3 aromatic rings. The van der Waals surface area contributed by atoms with Gasteiger partial charge in [0.1, 0.15) is 6.04 Å². The number of sulfonamides is 1. The molecule has 2 heterocycles. The summed E-state index contributed by atoms with van der Waals surface area (Å²) in [4.78, 5) is 17.0. The van der Waals surface area contributed by atoms with Gasteiger partial charge < -0.3 is 5.11 Å². The number of aromatic nitrogens is 3. The second-order valence-electron chi connectivity index (χ2n) is 8.10. The molecule has 1 aliphatic heterocycles. The average Bonchev–Trinajstić information content (AvgIpc) is 3.25. The summed E-state index contributed by atoms with van der Waals surface area (Å²) in [6.07, 6.45) is -5.99. The van der Waals surface area contributed by atoms with Crippen LogP contribution in [0, 0.1) is 22.7 Å². The predicted octanol–water partition coefficient (Wildman–Crippen LogP) is 4.15. The number of fused-ring (bicyclic) bond motifs is 1. The van der Waals surface area contributed by atoms with Gasteiger partial charge in [-0.3, -0.25) is 4.90 Å². The molecule has 0 unspecified atom stereocenters. The number of anilines is 3. The smallest absolute Gasteiger partial charge is 0.428 e. The fraction of sp³-hybridized carbons (Fsp3) is 0.174. The van der Waals surface area contributed by atoms with Gasteiger partial charge in [-0.25, -0.2) is 17.9 Å². The van der Waals surface area contributed by atoms with Gasteiger partial charge in [-0.1, -0.05) is 18.2 Å². The van der Waals surface area contributed by atoms with E-state index in [9.17, 15) is 36.8 Å². The molecule has 0 spiro atoms. The maximum Gasteiger partial charge on any atom is 0.428 e. The highest BCUT2D eigenvalue weighted by molar-refractivity contribution is 7.92. The largest absolute Gasteiger partial charge is 0.464 e. The Morgan fingerprint density at radius 3 is 2.32 bits per heavy atom. The summed E-state index contributed by atoms with van der Waals surface area (Å²) in [5.41, 5.74) is -0.202. The fourth-order valence-corrected chi connectivity index (χ4v) is 4.66. The first-order valence-electron chi connectivity index (χ1n) is 10.6. The topological polar surface area (TPSA) is 156 Å². The van der Waals surface area contributed by atoms with Gasteiger partial charge in [-0.05, 0) is 42.8 Å². The third-order valence-electron chi connectivity index (χ3n) is 5.64. The lowest BCUT2D eigenvalue weighted by Gasteiger charge is -2.34. The summed E-state index contributed by atoms with van der Waals surface area (Å²) in [6.45, 7) is 1.46. The van der Waals surface area contributed by atoms with Gasteiger partial charge in [0, 0.05) is 11.4 Å². The maximum absolute atomic E-state index is 13.5. The summed E-state index contributed by atoms with van der Waals surface area (Å²) >= 11 is 0.